The van der Waals surface area contributed by atoms with Gasteiger partial charge in [0.2, 0.25) is 0 Å². The van der Waals surface area contributed by atoms with Gasteiger partial charge in [0.25, 0.3) is 0 Å². The number of halogens is 1. The van der Waals surface area contributed by atoms with E-state index in [0.717, 1.165) is 16.8 Å². The lowest BCUT2D eigenvalue weighted by Gasteiger charge is -2.24. The summed E-state index contributed by atoms with van der Waals surface area (Å²) in [5, 5.41) is 0. The number of aryl methyl sites for hydroxylation is 1. The second kappa shape index (κ2) is 5.02. The van der Waals surface area contributed by atoms with Gasteiger partial charge in [-0.2, -0.15) is 0 Å². The van der Waals surface area contributed by atoms with E-state index in [1.807, 2.05) is 17.5 Å². The highest BCUT2D eigenvalue weighted by Crippen LogP contribution is 2.38. The third-order valence-electron chi connectivity index (χ3n) is 3.35. The van der Waals surface area contributed by atoms with Crippen LogP contribution in [0.2, 0.25) is 0 Å². The largest absolute Gasteiger partial charge is 0.349 e. The summed E-state index contributed by atoms with van der Waals surface area (Å²) in [6, 6.07) is 9.16. The molecule has 0 spiro atoms. The lowest BCUT2D eigenvalue weighted by Crippen LogP contribution is -2.22. The van der Waals surface area contributed by atoms with E-state index in [9.17, 15) is 0 Å². The van der Waals surface area contributed by atoms with E-state index >= 15 is 0 Å². The first-order chi connectivity index (χ1) is 8.74. The van der Waals surface area contributed by atoms with Gasteiger partial charge in [-0.1, -0.05) is 0 Å². The molecule has 0 amide bonds. The van der Waals surface area contributed by atoms with Gasteiger partial charge in [0.1, 0.15) is 5.82 Å². The molecule has 2 nitrogen and oxygen atoms in total. The van der Waals surface area contributed by atoms with E-state index in [1.54, 1.807) is 0 Å². The van der Waals surface area contributed by atoms with Crippen LogP contribution in [0.5, 0.6) is 0 Å². The number of rotatable bonds is 2. The summed E-state index contributed by atoms with van der Waals surface area (Å²) in [6.07, 6.45) is 4.36. The lowest BCUT2D eigenvalue weighted by molar-refractivity contribution is 0.725. The smallest absolute Gasteiger partial charge is 0.129 e. The maximum absolute atomic E-state index is 4.53. The molecule has 94 valence electrons. The fourth-order valence-corrected chi connectivity index (χ4v) is 3.77. The molecule has 2 aromatic heterocycles. The topological polar surface area (TPSA) is 16.1 Å². The van der Waals surface area contributed by atoms with Gasteiger partial charge in [-0.3, -0.25) is 0 Å². The van der Waals surface area contributed by atoms with Crippen LogP contribution in [0.1, 0.15) is 28.6 Å². The van der Waals surface area contributed by atoms with Crippen LogP contribution in [0.3, 0.4) is 0 Å². The molecule has 1 unspecified atom stereocenters. The Hall–Kier alpha value is -0.870. The van der Waals surface area contributed by atoms with E-state index in [-0.39, 0.29) is 0 Å². The highest BCUT2D eigenvalue weighted by Gasteiger charge is 2.27. The van der Waals surface area contributed by atoms with Crippen molar-refractivity contribution in [1.82, 2.24) is 4.98 Å². The van der Waals surface area contributed by atoms with Gasteiger partial charge in [-0.15, -0.1) is 11.3 Å². The van der Waals surface area contributed by atoms with E-state index < -0.39 is 0 Å². The van der Waals surface area contributed by atoms with Crippen molar-refractivity contribution >= 4 is 33.1 Å². The van der Waals surface area contributed by atoms with Crippen LogP contribution < -0.4 is 4.90 Å². The predicted molar refractivity (Wildman–Crippen MR) is 80.3 cm³/mol. The molecule has 3 rings (SSSR count). The molecule has 3 heterocycles. The van der Waals surface area contributed by atoms with E-state index in [1.165, 1.54) is 22.6 Å². The van der Waals surface area contributed by atoms with Crippen molar-refractivity contribution in [3.05, 3.63) is 44.7 Å². The monoisotopic (exact) mass is 322 g/mol. The van der Waals surface area contributed by atoms with Crippen molar-refractivity contribution in [3.63, 3.8) is 0 Å². The van der Waals surface area contributed by atoms with Gasteiger partial charge >= 0.3 is 0 Å². The van der Waals surface area contributed by atoms with Crippen molar-refractivity contribution in [3.8, 4) is 0 Å². The second-order valence-electron chi connectivity index (χ2n) is 4.63. The molecule has 0 aliphatic carbocycles. The Kier molecular flexibility index (Phi) is 3.39. The van der Waals surface area contributed by atoms with Crippen molar-refractivity contribution in [1.29, 1.82) is 0 Å². The molecule has 0 bridgehead atoms. The van der Waals surface area contributed by atoms with Crippen LogP contribution in [0, 0.1) is 6.92 Å². The quantitative estimate of drug-likeness (QED) is 0.806. The Balaban J connectivity index is 1.89. The van der Waals surface area contributed by atoms with Crippen molar-refractivity contribution in [2.45, 2.75) is 25.8 Å². The maximum atomic E-state index is 4.53. The molecular weight excluding hydrogens is 308 g/mol. The minimum Gasteiger partial charge on any atom is -0.349 e. The SMILES string of the molecule is Cc1ccc(C2CCCN2c2ccc(Br)cn2)s1. The molecule has 1 atom stereocenters. The number of hydrogen-bond acceptors (Lipinski definition) is 3. The predicted octanol–water partition coefficient (Wildman–Crippen LogP) is 4.56. The second-order valence-corrected chi connectivity index (χ2v) is 6.87. The third kappa shape index (κ3) is 2.31. The van der Waals surface area contributed by atoms with E-state index in [4.69, 9.17) is 0 Å². The van der Waals surface area contributed by atoms with Gasteiger partial charge in [-0.05, 0) is 60.0 Å². The van der Waals surface area contributed by atoms with Crippen molar-refractivity contribution in [2.24, 2.45) is 0 Å². The van der Waals surface area contributed by atoms with Crippen LogP contribution in [0.4, 0.5) is 5.82 Å². The molecule has 1 saturated heterocycles. The van der Waals surface area contributed by atoms with E-state index in [2.05, 4.69) is 57.0 Å². The average molecular weight is 323 g/mol. The average Bonchev–Trinajstić information content (AvgIpc) is 2.98. The minimum absolute atomic E-state index is 0.511. The zero-order chi connectivity index (χ0) is 12.5. The number of nitrogens with zero attached hydrogens (tertiary/aromatic N) is 2. The lowest BCUT2D eigenvalue weighted by atomic mass is 10.2. The minimum atomic E-state index is 0.511. The fraction of sp³-hybridized carbons (Fsp3) is 0.357. The molecular formula is C14H15BrN2S. The molecule has 0 saturated carbocycles. The first kappa shape index (κ1) is 12.2. The molecule has 0 radical (unpaired) electrons. The number of pyridine rings is 1. The number of thiophene rings is 1. The van der Waals surface area contributed by atoms with Gasteiger partial charge in [-0.25, -0.2) is 4.98 Å². The summed E-state index contributed by atoms with van der Waals surface area (Å²) < 4.78 is 1.04. The maximum Gasteiger partial charge on any atom is 0.129 e. The normalized spacial score (nSPS) is 19.4. The summed E-state index contributed by atoms with van der Waals surface area (Å²) in [5.41, 5.74) is 0. The summed E-state index contributed by atoms with van der Waals surface area (Å²) in [7, 11) is 0. The Morgan fingerprint density at radius 3 is 2.89 bits per heavy atom. The van der Waals surface area contributed by atoms with Crippen LogP contribution >= 0.6 is 27.3 Å². The fourth-order valence-electron chi connectivity index (χ4n) is 2.51. The highest BCUT2D eigenvalue weighted by molar-refractivity contribution is 9.10. The summed E-state index contributed by atoms with van der Waals surface area (Å²) in [6.45, 7) is 3.28. The summed E-state index contributed by atoms with van der Waals surface area (Å²) >= 11 is 5.35. The Morgan fingerprint density at radius 2 is 2.22 bits per heavy atom. The molecule has 1 fully saturated rings. The van der Waals surface area contributed by atoms with Crippen LogP contribution in [0.25, 0.3) is 0 Å². The first-order valence-electron chi connectivity index (χ1n) is 6.18. The third-order valence-corrected chi connectivity index (χ3v) is 4.92. The van der Waals surface area contributed by atoms with Gasteiger partial charge in [0, 0.05) is 27.0 Å². The highest BCUT2D eigenvalue weighted by atomic mass is 79.9. The Morgan fingerprint density at radius 1 is 1.33 bits per heavy atom. The standard InChI is InChI=1S/C14H15BrN2S/c1-10-4-6-13(18-10)12-3-2-8-17(12)14-7-5-11(15)9-16-14/h4-7,9,12H,2-3,8H2,1H3. The van der Waals surface area contributed by atoms with Gasteiger partial charge in [0.15, 0.2) is 0 Å². The molecule has 4 heteroatoms. The van der Waals surface area contributed by atoms with Crippen molar-refractivity contribution < 1.29 is 0 Å². The molecule has 1 aliphatic heterocycles. The molecule has 18 heavy (non-hydrogen) atoms. The van der Waals surface area contributed by atoms with Crippen LogP contribution in [-0.2, 0) is 0 Å². The van der Waals surface area contributed by atoms with Gasteiger partial charge in [0.05, 0.1) is 6.04 Å². The van der Waals surface area contributed by atoms with Gasteiger partial charge < -0.3 is 4.90 Å². The molecule has 1 aliphatic rings. The van der Waals surface area contributed by atoms with Crippen LogP contribution in [0.15, 0.2) is 34.9 Å². The number of aromatic nitrogens is 1. The molecule has 0 N–H and O–H groups in total. The van der Waals surface area contributed by atoms with Crippen molar-refractivity contribution in [2.75, 3.05) is 11.4 Å². The first-order valence-corrected chi connectivity index (χ1v) is 7.79. The zero-order valence-electron chi connectivity index (χ0n) is 10.3. The summed E-state index contributed by atoms with van der Waals surface area (Å²) in [4.78, 5) is 9.81. The van der Waals surface area contributed by atoms with Crippen LogP contribution in [-0.4, -0.2) is 11.5 Å². The number of anilines is 1. The zero-order valence-corrected chi connectivity index (χ0v) is 12.7. The molecule has 0 aromatic carbocycles. The molecule has 2 aromatic rings. The number of hydrogen-bond donors (Lipinski definition) is 0. The Bertz CT molecular complexity index is 535. The Labute approximate surface area is 120 Å². The summed E-state index contributed by atoms with van der Waals surface area (Å²) in [5.74, 6) is 1.09. The van der Waals surface area contributed by atoms with E-state index in [0.29, 0.717) is 6.04 Å².